The van der Waals surface area contributed by atoms with Gasteiger partial charge in [0, 0.05) is 50.5 Å². The molecule has 2 aliphatic rings. The van der Waals surface area contributed by atoms with Crippen LogP contribution in [0.1, 0.15) is 36.0 Å². The highest BCUT2D eigenvalue weighted by Gasteiger charge is 2.32. The molecule has 8 nitrogen and oxygen atoms in total. The van der Waals surface area contributed by atoms with E-state index >= 15 is 0 Å². The smallest absolute Gasteiger partial charge is 0.260 e. The lowest BCUT2D eigenvalue weighted by Crippen LogP contribution is -2.51. The van der Waals surface area contributed by atoms with Gasteiger partial charge >= 0.3 is 0 Å². The van der Waals surface area contributed by atoms with E-state index in [1.165, 1.54) is 12.3 Å². The molecule has 3 heterocycles. The second-order valence-corrected chi connectivity index (χ2v) is 7.94. The van der Waals surface area contributed by atoms with Crippen molar-refractivity contribution in [3.8, 4) is 0 Å². The maximum absolute atomic E-state index is 13.0. The Balaban J connectivity index is 1.24. The lowest BCUT2D eigenvalue weighted by atomic mass is 9.85. The summed E-state index contributed by atoms with van der Waals surface area (Å²) in [6.07, 6.45) is 6.32. The molecule has 2 N–H and O–H groups in total. The fourth-order valence-corrected chi connectivity index (χ4v) is 4.30. The van der Waals surface area contributed by atoms with Gasteiger partial charge in [0.2, 0.25) is 5.91 Å². The molecule has 158 valence electrons. The highest BCUT2D eigenvalue weighted by atomic mass is 16.2. The minimum Gasteiger partial charge on any atom is -0.353 e. The third kappa shape index (κ3) is 4.53. The number of nitrogens with zero attached hydrogens (tertiary/aromatic N) is 3. The lowest BCUT2D eigenvalue weighted by Gasteiger charge is -2.38. The number of anilines is 1. The van der Waals surface area contributed by atoms with E-state index < -0.39 is 0 Å². The van der Waals surface area contributed by atoms with Crippen LogP contribution in [-0.2, 0) is 4.79 Å². The largest absolute Gasteiger partial charge is 0.353 e. The molecule has 1 aliphatic carbocycles. The number of amides is 2. The van der Waals surface area contributed by atoms with Crippen LogP contribution >= 0.6 is 0 Å². The van der Waals surface area contributed by atoms with Gasteiger partial charge in [0.1, 0.15) is 11.4 Å². The Morgan fingerprint density at radius 1 is 1.00 bits per heavy atom. The summed E-state index contributed by atoms with van der Waals surface area (Å²) in [6.45, 7) is 3.01. The van der Waals surface area contributed by atoms with E-state index in [0.29, 0.717) is 13.1 Å². The van der Waals surface area contributed by atoms with Crippen molar-refractivity contribution in [3.05, 3.63) is 58.6 Å². The number of hydrogen-bond acceptors (Lipinski definition) is 5. The van der Waals surface area contributed by atoms with Gasteiger partial charge < -0.3 is 20.1 Å². The summed E-state index contributed by atoms with van der Waals surface area (Å²) in [6, 6.07) is 9.04. The molecule has 2 fully saturated rings. The van der Waals surface area contributed by atoms with Crippen LogP contribution in [-0.4, -0.2) is 58.9 Å². The van der Waals surface area contributed by atoms with Crippen LogP contribution in [0.2, 0.25) is 0 Å². The Labute approximate surface area is 175 Å². The van der Waals surface area contributed by atoms with E-state index in [-0.39, 0.29) is 34.9 Å². The summed E-state index contributed by atoms with van der Waals surface area (Å²) in [4.78, 5) is 48.1. The highest BCUT2D eigenvalue weighted by Crippen LogP contribution is 2.27. The normalized spacial score (nSPS) is 21.9. The second-order valence-electron chi connectivity index (χ2n) is 7.94. The first kappa shape index (κ1) is 20.1. The molecule has 0 aromatic carbocycles. The number of piperazine rings is 1. The number of hydrogen-bond donors (Lipinski definition) is 2. The first-order valence-electron chi connectivity index (χ1n) is 10.5. The molecule has 30 heavy (non-hydrogen) atoms. The van der Waals surface area contributed by atoms with Crippen LogP contribution in [0.3, 0.4) is 0 Å². The predicted octanol–water partition coefficient (Wildman–Crippen LogP) is 1.41. The van der Waals surface area contributed by atoms with Gasteiger partial charge in [-0.15, -0.1) is 0 Å². The van der Waals surface area contributed by atoms with Gasteiger partial charge in [-0.05, 0) is 49.9 Å². The summed E-state index contributed by atoms with van der Waals surface area (Å²) in [5.41, 5.74) is -0.259. The van der Waals surface area contributed by atoms with Gasteiger partial charge in [0.15, 0.2) is 0 Å². The van der Waals surface area contributed by atoms with Gasteiger partial charge in [-0.3, -0.25) is 14.4 Å². The second kappa shape index (κ2) is 9.11. The molecule has 2 amide bonds. The number of carbonyl (C=O) groups is 2. The first-order valence-corrected chi connectivity index (χ1v) is 10.5. The molecule has 1 saturated heterocycles. The molecule has 1 aliphatic heterocycles. The average Bonchev–Trinajstić information content (AvgIpc) is 2.80. The van der Waals surface area contributed by atoms with Crippen molar-refractivity contribution in [2.75, 3.05) is 31.1 Å². The van der Waals surface area contributed by atoms with E-state index in [1.807, 2.05) is 23.1 Å². The monoisotopic (exact) mass is 409 g/mol. The van der Waals surface area contributed by atoms with E-state index in [1.54, 1.807) is 12.3 Å². The third-order valence-corrected chi connectivity index (χ3v) is 6.04. The van der Waals surface area contributed by atoms with Crippen molar-refractivity contribution in [2.45, 2.75) is 31.7 Å². The number of carbonyl (C=O) groups excluding carboxylic acids is 2. The van der Waals surface area contributed by atoms with Gasteiger partial charge in [0.25, 0.3) is 11.5 Å². The first-order chi connectivity index (χ1) is 14.6. The van der Waals surface area contributed by atoms with Crippen LogP contribution < -0.4 is 15.8 Å². The van der Waals surface area contributed by atoms with E-state index in [0.717, 1.165) is 44.6 Å². The molecule has 2 aromatic heterocycles. The molecular weight excluding hydrogens is 382 g/mol. The van der Waals surface area contributed by atoms with Crippen molar-refractivity contribution < 1.29 is 9.59 Å². The number of H-pyrrole nitrogens is 1. The van der Waals surface area contributed by atoms with Gasteiger partial charge in [-0.1, -0.05) is 6.07 Å². The van der Waals surface area contributed by atoms with Crippen LogP contribution in [0.15, 0.2) is 47.5 Å². The maximum atomic E-state index is 13.0. The topological polar surface area (TPSA) is 98.4 Å². The average molecular weight is 409 g/mol. The highest BCUT2D eigenvalue weighted by molar-refractivity contribution is 5.93. The van der Waals surface area contributed by atoms with E-state index in [4.69, 9.17) is 0 Å². The zero-order valence-corrected chi connectivity index (χ0v) is 16.9. The zero-order chi connectivity index (χ0) is 20.9. The Morgan fingerprint density at radius 3 is 2.43 bits per heavy atom. The summed E-state index contributed by atoms with van der Waals surface area (Å²) in [7, 11) is 0. The Kier molecular flexibility index (Phi) is 6.11. The quantitative estimate of drug-likeness (QED) is 0.796. The Hall–Kier alpha value is -3.16. The molecule has 8 heteroatoms. The SMILES string of the molecule is O=C(NC1CCC(C(=O)N2CCN(c3ccccn3)CC2)CC1)c1ccc[nH]c1=O. The van der Waals surface area contributed by atoms with Crippen LogP contribution in [0.25, 0.3) is 0 Å². The van der Waals surface area contributed by atoms with Crippen molar-refractivity contribution >= 4 is 17.6 Å². The number of rotatable bonds is 4. The Bertz CT molecular complexity index is 929. The minimum absolute atomic E-state index is 0.00200. The number of pyridine rings is 2. The predicted molar refractivity (Wildman–Crippen MR) is 113 cm³/mol. The molecule has 4 rings (SSSR count). The molecule has 0 unspecified atom stereocenters. The molecule has 0 radical (unpaired) electrons. The molecule has 0 atom stereocenters. The minimum atomic E-state index is -0.385. The molecule has 1 saturated carbocycles. The van der Waals surface area contributed by atoms with E-state index in [9.17, 15) is 14.4 Å². The van der Waals surface area contributed by atoms with Crippen LogP contribution in [0.4, 0.5) is 5.82 Å². The molecular formula is C22H27N5O3. The lowest BCUT2D eigenvalue weighted by molar-refractivity contribution is -0.137. The van der Waals surface area contributed by atoms with Gasteiger partial charge in [0.05, 0.1) is 0 Å². The fourth-order valence-electron chi connectivity index (χ4n) is 4.30. The van der Waals surface area contributed by atoms with E-state index in [2.05, 4.69) is 20.2 Å². The zero-order valence-electron chi connectivity index (χ0n) is 16.9. The van der Waals surface area contributed by atoms with Gasteiger partial charge in [-0.25, -0.2) is 4.98 Å². The molecule has 2 aromatic rings. The molecule has 0 bridgehead atoms. The summed E-state index contributed by atoms with van der Waals surface area (Å²) >= 11 is 0. The van der Waals surface area contributed by atoms with Gasteiger partial charge in [-0.2, -0.15) is 0 Å². The summed E-state index contributed by atoms with van der Waals surface area (Å²) in [5, 5.41) is 2.94. The third-order valence-electron chi connectivity index (χ3n) is 6.04. The number of nitrogens with one attached hydrogen (secondary N) is 2. The summed E-state index contributed by atoms with van der Waals surface area (Å²) in [5.74, 6) is 0.843. The van der Waals surface area contributed by atoms with Crippen molar-refractivity contribution in [1.29, 1.82) is 0 Å². The van der Waals surface area contributed by atoms with Crippen molar-refractivity contribution in [2.24, 2.45) is 5.92 Å². The summed E-state index contributed by atoms with van der Waals surface area (Å²) < 4.78 is 0. The fraction of sp³-hybridized carbons (Fsp3) is 0.455. The van der Waals surface area contributed by atoms with Crippen molar-refractivity contribution in [1.82, 2.24) is 20.2 Å². The standard InChI is InChI=1S/C22H27N5O3/c28-20-18(4-3-11-24-20)21(29)25-17-8-6-16(7-9-17)22(30)27-14-12-26(13-15-27)19-5-1-2-10-23-19/h1-5,10-11,16-17H,6-9,12-15H2,(H,24,28)(H,25,29). The Morgan fingerprint density at radius 2 is 1.77 bits per heavy atom. The maximum Gasteiger partial charge on any atom is 0.260 e. The van der Waals surface area contributed by atoms with Crippen molar-refractivity contribution in [3.63, 3.8) is 0 Å². The molecule has 0 spiro atoms. The van der Waals surface area contributed by atoms with Crippen LogP contribution in [0.5, 0.6) is 0 Å². The number of aromatic nitrogens is 2. The van der Waals surface area contributed by atoms with Crippen LogP contribution in [0, 0.1) is 5.92 Å². The number of aromatic amines is 1.